The molecule has 4 heteroatoms. The highest BCUT2D eigenvalue weighted by atomic mass is 16.5. The van der Waals surface area contributed by atoms with Gasteiger partial charge in [0.2, 0.25) is 0 Å². The molecule has 118 valence electrons. The fourth-order valence-corrected chi connectivity index (χ4v) is 2.41. The summed E-state index contributed by atoms with van der Waals surface area (Å²) < 4.78 is 11.0. The molecule has 0 aliphatic heterocycles. The summed E-state index contributed by atoms with van der Waals surface area (Å²) in [5.74, 6) is 2.39. The lowest BCUT2D eigenvalue weighted by molar-refractivity contribution is 0.314. The number of hydrogen-bond donors (Lipinski definition) is 0. The molecule has 2 aromatic carbocycles. The number of benzene rings is 2. The van der Waals surface area contributed by atoms with Crippen LogP contribution in [0.2, 0.25) is 0 Å². The Labute approximate surface area is 136 Å². The molecule has 0 aliphatic carbocycles. The van der Waals surface area contributed by atoms with Gasteiger partial charge in [0.05, 0.1) is 5.69 Å². The standard InChI is InChI=1S/C19H20N2O2/c1-15-20-17(14-22-15)13-21(2)12-16-8-10-19(11-9-16)23-18-6-4-3-5-7-18/h3-11,14H,12-13H2,1-2H3. The van der Waals surface area contributed by atoms with Crippen molar-refractivity contribution in [3.63, 3.8) is 0 Å². The maximum absolute atomic E-state index is 5.80. The van der Waals surface area contributed by atoms with Crippen LogP contribution in [-0.2, 0) is 13.1 Å². The Kier molecular flexibility index (Phi) is 4.74. The van der Waals surface area contributed by atoms with E-state index in [1.165, 1.54) is 5.56 Å². The SMILES string of the molecule is Cc1nc(CN(C)Cc2ccc(Oc3ccccc3)cc2)co1. The Morgan fingerprint density at radius 2 is 1.65 bits per heavy atom. The number of nitrogens with zero attached hydrogens (tertiary/aromatic N) is 2. The molecule has 0 saturated carbocycles. The van der Waals surface area contributed by atoms with E-state index in [9.17, 15) is 0 Å². The minimum Gasteiger partial charge on any atom is -0.457 e. The third-order valence-electron chi connectivity index (χ3n) is 3.45. The van der Waals surface area contributed by atoms with Gasteiger partial charge in [-0.25, -0.2) is 4.98 Å². The summed E-state index contributed by atoms with van der Waals surface area (Å²) in [6, 6.07) is 18.0. The van der Waals surface area contributed by atoms with E-state index < -0.39 is 0 Å². The number of aryl methyl sites for hydroxylation is 1. The van der Waals surface area contributed by atoms with E-state index in [0.717, 1.165) is 30.3 Å². The lowest BCUT2D eigenvalue weighted by Crippen LogP contribution is -2.17. The van der Waals surface area contributed by atoms with Crippen LogP contribution in [0.15, 0.2) is 65.3 Å². The minimum absolute atomic E-state index is 0.704. The number of para-hydroxylation sites is 1. The monoisotopic (exact) mass is 308 g/mol. The molecular weight excluding hydrogens is 288 g/mol. The van der Waals surface area contributed by atoms with Crippen molar-refractivity contribution in [3.05, 3.63) is 78.0 Å². The summed E-state index contributed by atoms with van der Waals surface area (Å²) in [6.07, 6.45) is 1.71. The molecule has 23 heavy (non-hydrogen) atoms. The molecule has 0 radical (unpaired) electrons. The average molecular weight is 308 g/mol. The summed E-state index contributed by atoms with van der Waals surface area (Å²) >= 11 is 0. The average Bonchev–Trinajstić information content (AvgIpc) is 2.95. The van der Waals surface area contributed by atoms with Gasteiger partial charge in [0.25, 0.3) is 0 Å². The fraction of sp³-hybridized carbons (Fsp3) is 0.211. The van der Waals surface area contributed by atoms with Crippen LogP contribution in [0, 0.1) is 6.92 Å². The van der Waals surface area contributed by atoms with Gasteiger partial charge in [0, 0.05) is 20.0 Å². The smallest absolute Gasteiger partial charge is 0.191 e. The van der Waals surface area contributed by atoms with Crippen molar-refractivity contribution >= 4 is 0 Å². The van der Waals surface area contributed by atoms with Crippen LogP contribution in [0.5, 0.6) is 11.5 Å². The molecule has 0 fully saturated rings. The van der Waals surface area contributed by atoms with E-state index in [1.807, 2.05) is 49.4 Å². The van der Waals surface area contributed by atoms with Gasteiger partial charge in [-0.05, 0) is 36.9 Å². The zero-order chi connectivity index (χ0) is 16.1. The molecule has 1 aromatic heterocycles. The zero-order valence-electron chi connectivity index (χ0n) is 13.4. The van der Waals surface area contributed by atoms with Crippen molar-refractivity contribution in [2.75, 3.05) is 7.05 Å². The Balaban J connectivity index is 1.56. The third-order valence-corrected chi connectivity index (χ3v) is 3.45. The fourth-order valence-electron chi connectivity index (χ4n) is 2.41. The Morgan fingerprint density at radius 1 is 0.957 bits per heavy atom. The van der Waals surface area contributed by atoms with Gasteiger partial charge in [0.15, 0.2) is 5.89 Å². The first kappa shape index (κ1) is 15.3. The zero-order valence-corrected chi connectivity index (χ0v) is 13.4. The van der Waals surface area contributed by atoms with Gasteiger partial charge in [-0.1, -0.05) is 30.3 Å². The van der Waals surface area contributed by atoms with Crippen LogP contribution >= 0.6 is 0 Å². The predicted molar refractivity (Wildman–Crippen MR) is 89.4 cm³/mol. The summed E-state index contributed by atoms with van der Waals surface area (Å²) in [7, 11) is 2.07. The summed E-state index contributed by atoms with van der Waals surface area (Å²) in [5.41, 5.74) is 2.18. The molecule has 3 rings (SSSR count). The van der Waals surface area contributed by atoms with Gasteiger partial charge in [-0.3, -0.25) is 4.90 Å². The second kappa shape index (κ2) is 7.11. The van der Waals surface area contributed by atoms with E-state index in [1.54, 1.807) is 6.26 Å². The second-order valence-corrected chi connectivity index (χ2v) is 5.59. The molecule has 0 unspecified atom stereocenters. The van der Waals surface area contributed by atoms with Crippen molar-refractivity contribution in [2.24, 2.45) is 0 Å². The molecule has 0 atom stereocenters. The van der Waals surface area contributed by atoms with Crippen LogP contribution in [0.4, 0.5) is 0 Å². The van der Waals surface area contributed by atoms with Crippen LogP contribution < -0.4 is 4.74 Å². The van der Waals surface area contributed by atoms with E-state index in [2.05, 4.69) is 29.1 Å². The molecule has 3 aromatic rings. The highest BCUT2D eigenvalue weighted by Crippen LogP contribution is 2.21. The predicted octanol–water partition coefficient (Wildman–Crippen LogP) is 4.41. The Hall–Kier alpha value is -2.59. The van der Waals surface area contributed by atoms with Gasteiger partial charge < -0.3 is 9.15 Å². The second-order valence-electron chi connectivity index (χ2n) is 5.59. The van der Waals surface area contributed by atoms with Gasteiger partial charge in [-0.2, -0.15) is 0 Å². The summed E-state index contributed by atoms with van der Waals surface area (Å²) in [6.45, 7) is 3.46. The number of ether oxygens (including phenoxy) is 1. The molecule has 0 saturated heterocycles. The van der Waals surface area contributed by atoms with Gasteiger partial charge in [-0.15, -0.1) is 0 Å². The van der Waals surface area contributed by atoms with Crippen molar-refractivity contribution < 1.29 is 9.15 Å². The molecule has 0 spiro atoms. The number of rotatable bonds is 6. The van der Waals surface area contributed by atoms with Crippen molar-refractivity contribution in [1.82, 2.24) is 9.88 Å². The van der Waals surface area contributed by atoms with E-state index in [0.29, 0.717) is 5.89 Å². The first-order chi connectivity index (χ1) is 11.2. The highest BCUT2D eigenvalue weighted by Gasteiger charge is 2.06. The van der Waals surface area contributed by atoms with Crippen LogP contribution in [-0.4, -0.2) is 16.9 Å². The number of aromatic nitrogens is 1. The molecule has 1 heterocycles. The molecule has 0 aliphatic rings. The third kappa shape index (κ3) is 4.44. The minimum atomic E-state index is 0.704. The summed E-state index contributed by atoms with van der Waals surface area (Å²) in [4.78, 5) is 6.52. The molecule has 4 nitrogen and oxygen atoms in total. The maximum atomic E-state index is 5.80. The lowest BCUT2D eigenvalue weighted by atomic mass is 10.2. The largest absolute Gasteiger partial charge is 0.457 e. The number of hydrogen-bond acceptors (Lipinski definition) is 4. The Bertz CT molecular complexity index is 736. The van der Waals surface area contributed by atoms with Crippen molar-refractivity contribution in [2.45, 2.75) is 20.0 Å². The maximum Gasteiger partial charge on any atom is 0.191 e. The quantitative estimate of drug-likeness (QED) is 0.676. The van der Waals surface area contributed by atoms with E-state index in [4.69, 9.17) is 9.15 Å². The molecule has 0 N–H and O–H groups in total. The topological polar surface area (TPSA) is 38.5 Å². The van der Waals surface area contributed by atoms with Crippen molar-refractivity contribution in [3.8, 4) is 11.5 Å². The highest BCUT2D eigenvalue weighted by molar-refractivity contribution is 5.32. The first-order valence-corrected chi connectivity index (χ1v) is 7.60. The summed E-state index contributed by atoms with van der Waals surface area (Å²) in [5, 5.41) is 0. The molecular formula is C19H20N2O2. The normalized spacial score (nSPS) is 10.9. The van der Waals surface area contributed by atoms with E-state index >= 15 is 0 Å². The number of oxazole rings is 1. The lowest BCUT2D eigenvalue weighted by Gasteiger charge is -2.15. The molecule has 0 bridgehead atoms. The first-order valence-electron chi connectivity index (χ1n) is 7.60. The van der Waals surface area contributed by atoms with Crippen LogP contribution in [0.3, 0.4) is 0 Å². The molecule has 0 amide bonds. The van der Waals surface area contributed by atoms with Crippen LogP contribution in [0.1, 0.15) is 17.1 Å². The van der Waals surface area contributed by atoms with Crippen molar-refractivity contribution in [1.29, 1.82) is 0 Å². The van der Waals surface area contributed by atoms with E-state index in [-0.39, 0.29) is 0 Å². The van der Waals surface area contributed by atoms with Gasteiger partial charge >= 0.3 is 0 Å². The van der Waals surface area contributed by atoms with Gasteiger partial charge in [0.1, 0.15) is 17.8 Å². The van der Waals surface area contributed by atoms with Crippen LogP contribution in [0.25, 0.3) is 0 Å². The Morgan fingerprint density at radius 3 is 2.30 bits per heavy atom.